The minimum Gasteiger partial charge on any atom is -0.433 e. The van der Waals surface area contributed by atoms with Crippen molar-refractivity contribution in [2.24, 2.45) is 0 Å². The smallest absolute Gasteiger partial charge is 0.418 e. The van der Waals surface area contributed by atoms with Gasteiger partial charge in [-0.15, -0.1) is 0 Å². The number of nitrogens with zero attached hydrogens (tertiary/aromatic N) is 1. The Morgan fingerprint density at radius 2 is 1.76 bits per heavy atom. The van der Waals surface area contributed by atoms with E-state index in [9.17, 15) is 9.59 Å². The molecule has 0 bridgehead atoms. The summed E-state index contributed by atoms with van der Waals surface area (Å²) in [6, 6.07) is 7.71. The minimum atomic E-state index is -1.04. The molecule has 0 aromatic heterocycles. The Hall–Kier alpha value is -1.84. The number of carbonyl (C=O) groups is 2. The third kappa shape index (κ3) is 2.16. The topological polar surface area (TPSA) is 46.6 Å². The van der Waals surface area contributed by atoms with Crippen LogP contribution >= 0.6 is 0 Å². The fourth-order valence-electron chi connectivity index (χ4n) is 1.74. The molecule has 0 radical (unpaired) electrons. The lowest BCUT2D eigenvalue weighted by Crippen LogP contribution is -2.35. The van der Waals surface area contributed by atoms with Gasteiger partial charge in [-0.1, -0.05) is 29.8 Å². The van der Waals surface area contributed by atoms with Gasteiger partial charge in [0.15, 0.2) is 5.60 Å². The summed E-state index contributed by atoms with van der Waals surface area (Å²) in [4.78, 5) is 24.6. The molecule has 1 aromatic rings. The first kappa shape index (κ1) is 11.6. The highest BCUT2D eigenvalue weighted by Crippen LogP contribution is 2.25. The van der Waals surface area contributed by atoms with Gasteiger partial charge in [0.1, 0.15) is 0 Å². The normalized spacial score (nSPS) is 18.4. The van der Waals surface area contributed by atoms with E-state index in [2.05, 4.69) is 0 Å². The first-order valence-corrected chi connectivity index (χ1v) is 5.50. The molecule has 0 N–H and O–H groups in total. The molecule has 4 nitrogen and oxygen atoms in total. The Morgan fingerprint density at radius 1 is 1.18 bits per heavy atom. The average molecular weight is 233 g/mol. The van der Waals surface area contributed by atoms with Crippen molar-refractivity contribution in [2.75, 3.05) is 0 Å². The molecule has 2 rings (SSSR count). The maximum Gasteiger partial charge on any atom is 0.418 e. The first-order chi connectivity index (χ1) is 7.90. The zero-order valence-corrected chi connectivity index (χ0v) is 10.2. The van der Waals surface area contributed by atoms with E-state index in [1.54, 1.807) is 13.8 Å². The van der Waals surface area contributed by atoms with E-state index in [-0.39, 0.29) is 12.5 Å². The van der Waals surface area contributed by atoms with Crippen LogP contribution in [0, 0.1) is 6.92 Å². The van der Waals surface area contributed by atoms with E-state index in [1.807, 2.05) is 31.2 Å². The van der Waals surface area contributed by atoms with E-state index in [0.717, 1.165) is 16.0 Å². The van der Waals surface area contributed by atoms with Gasteiger partial charge in [-0.2, -0.15) is 0 Å². The number of amides is 2. The monoisotopic (exact) mass is 233 g/mol. The van der Waals surface area contributed by atoms with E-state index in [0.29, 0.717) is 0 Å². The summed E-state index contributed by atoms with van der Waals surface area (Å²) in [5.74, 6) is -0.289. The van der Waals surface area contributed by atoms with E-state index in [1.165, 1.54) is 0 Å². The standard InChI is InChI=1S/C13H15NO3/c1-9-4-6-10(7-5-9)8-14-11(15)13(2,3)17-12(14)16/h4-7H,8H2,1-3H3. The van der Waals surface area contributed by atoms with Crippen LogP contribution in [0.2, 0.25) is 0 Å². The largest absolute Gasteiger partial charge is 0.433 e. The van der Waals surface area contributed by atoms with Gasteiger partial charge in [0.25, 0.3) is 5.91 Å². The zero-order chi connectivity index (χ0) is 12.6. The van der Waals surface area contributed by atoms with Crippen molar-refractivity contribution in [1.82, 2.24) is 4.90 Å². The van der Waals surface area contributed by atoms with Crippen LogP contribution in [0.15, 0.2) is 24.3 Å². The lowest BCUT2D eigenvalue weighted by Gasteiger charge is -2.13. The number of cyclic esters (lactones) is 1. The number of rotatable bonds is 2. The molecule has 0 aliphatic carbocycles. The number of hydrogen-bond donors (Lipinski definition) is 0. The van der Waals surface area contributed by atoms with E-state index >= 15 is 0 Å². The highest BCUT2D eigenvalue weighted by molar-refractivity contribution is 6.02. The fourth-order valence-corrected chi connectivity index (χ4v) is 1.74. The molecule has 1 aliphatic heterocycles. The molecule has 0 spiro atoms. The maximum atomic E-state index is 11.9. The minimum absolute atomic E-state index is 0.265. The van der Waals surface area contributed by atoms with Gasteiger partial charge in [0.2, 0.25) is 0 Å². The molecular formula is C13H15NO3. The Kier molecular flexibility index (Phi) is 2.65. The number of benzene rings is 1. The van der Waals surface area contributed by atoms with Gasteiger partial charge in [-0.05, 0) is 26.3 Å². The van der Waals surface area contributed by atoms with Crippen molar-refractivity contribution in [2.45, 2.75) is 32.9 Å². The second kappa shape index (κ2) is 3.87. The maximum absolute atomic E-state index is 11.9. The molecule has 1 saturated heterocycles. The Labute approximate surface area is 100 Å². The summed E-state index contributed by atoms with van der Waals surface area (Å²) in [6.07, 6.45) is -0.569. The van der Waals surface area contributed by atoms with Gasteiger partial charge in [-0.3, -0.25) is 4.79 Å². The summed E-state index contributed by atoms with van der Waals surface area (Å²) in [5.41, 5.74) is 1.02. The van der Waals surface area contributed by atoms with Crippen LogP contribution in [-0.2, 0) is 16.1 Å². The number of ether oxygens (including phenoxy) is 1. The molecule has 1 aromatic carbocycles. The van der Waals surface area contributed by atoms with Gasteiger partial charge < -0.3 is 4.74 Å². The van der Waals surface area contributed by atoms with Crippen LogP contribution in [0.4, 0.5) is 4.79 Å². The van der Waals surface area contributed by atoms with E-state index < -0.39 is 11.7 Å². The van der Waals surface area contributed by atoms with Crippen molar-refractivity contribution in [3.8, 4) is 0 Å². The van der Waals surface area contributed by atoms with Crippen LogP contribution in [-0.4, -0.2) is 22.5 Å². The lowest BCUT2D eigenvalue weighted by molar-refractivity contribution is -0.134. The highest BCUT2D eigenvalue weighted by Gasteiger charge is 2.46. The molecular weight excluding hydrogens is 218 g/mol. The molecule has 1 fully saturated rings. The summed E-state index contributed by atoms with van der Waals surface area (Å²) >= 11 is 0. The second-order valence-corrected chi connectivity index (χ2v) is 4.76. The molecule has 1 aliphatic rings. The van der Waals surface area contributed by atoms with Crippen LogP contribution in [0.1, 0.15) is 25.0 Å². The molecule has 90 valence electrons. The molecule has 0 unspecified atom stereocenters. The van der Waals surface area contributed by atoms with Crippen molar-refractivity contribution in [1.29, 1.82) is 0 Å². The average Bonchev–Trinajstić information content (AvgIpc) is 2.44. The summed E-state index contributed by atoms with van der Waals surface area (Å²) in [7, 11) is 0. The Bertz CT molecular complexity index is 462. The molecule has 1 heterocycles. The van der Waals surface area contributed by atoms with Crippen molar-refractivity contribution < 1.29 is 14.3 Å². The fraction of sp³-hybridized carbons (Fsp3) is 0.385. The van der Waals surface area contributed by atoms with Gasteiger partial charge in [0, 0.05) is 0 Å². The number of hydrogen-bond acceptors (Lipinski definition) is 3. The number of imide groups is 1. The summed E-state index contributed by atoms with van der Waals surface area (Å²) < 4.78 is 5.01. The second-order valence-electron chi connectivity index (χ2n) is 4.76. The lowest BCUT2D eigenvalue weighted by atomic mass is 10.1. The predicted octanol–water partition coefficient (Wildman–Crippen LogP) is 2.25. The number of aryl methyl sites for hydroxylation is 1. The third-order valence-corrected chi connectivity index (χ3v) is 2.78. The Balaban J connectivity index is 2.17. The molecule has 17 heavy (non-hydrogen) atoms. The van der Waals surface area contributed by atoms with Gasteiger partial charge >= 0.3 is 6.09 Å². The number of carbonyl (C=O) groups excluding carboxylic acids is 2. The van der Waals surface area contributed by atoms with Crippen molar-refractivity contribution in [3.05, 3.63) is 35.4 Å². The highest BCUT2D eigenvalue weighted by atomic mass is 16.6. The van der Waals surface area contributed by atoms with Crippen molar-refractivity contribution in [3.63, 3.8) is 0 Å². The first-order valence-electron chi connectivity index (χ1n) is 5.50. The van der Waals surface area contributed by atoms with Crippen LogP contribution in [0.25, 0.3) is 0 Å². The molecule has 4 heteroatoms. The molecule has 0 saturated carbocycles. The van der Waals surface area contributed by atoms with Crippen LogP contribution in [0.3, 0.4) is 0 Å². The molecule has 0 atom stereocenters. The van der Waals surface area contributed by atoms with E-state index in [4.69, 9.17) is 4.74 Å². The SMILES string of the molecule is Cc1ccc(CN2C(=O)OC(C)(C)C2=O)cc1. The summed E-state index contributed by atoms with van der Waals surface area (Å²) in [5, 5.41) is 0. The van der Waals surface area contributed by atoms with Crippen LogP contribution < -0.4 is 0 Å². The Morgan fingerprint density at radius 3 is 2.24 bits per heavy atom. The predicted molar refractivity (Wildman–Crippen MR) is 62.3 cm³/mol. The zero-order valence-electron chi connectivity index (χ0n) is 10.2. The van der Waals surface area contributed by atoms with Gasteiger partial charge in [-0.25, -0.2) is 9.69 Å². The molecule has 2 amide bonds. The van der Waals surface area contributed by atoms with Crippen LogP contribution in [0.5, 0.6) is 0 Å². The third-order valence-electron chi connectivity index (χ3n) is 2.78. The van der Waals surface area contributed by atoms with Gasteiger partial charge in [0.05, 0.1) is 6.54 Å². The van der Waals surface area contributed by atoms with Crippen molar-refractivity contribution >= 4 is 12.0 Å². The summed E-state index contributed by atoms with van der Waals surface area (Å²) in [6.45, 7) is 5.45. The quantitative estimate of drug-likeness (QED) is 0.787.